The summed E-state index contributed by atoms with van der Waals surface area (Å²) in [5.41, 5.74) is 3.10. The highest BCUT2D eigenvalue weighted by Gasteiger charge is 2.31. The van der Waals surface area contributed by atoms with Gasteiger partial charge in [-0.05, 0) is 67.3 Å². The third-order valence-corrected chi connectivity index (χ3v) is 5.80. The molecule has 156 valence electrons. The summed E-state index contributed by atoms with van der Waals surface area (Å²) < 4.78 is 11.1. The average Bonchev–Trinajstić information content (AvgIpc) is 3.16. The molecule has 30 heavy (non-hydrogen) atoms. The lowest BCUT2D eigenvalue weighted by molar-refractivity contribution is -0.152. The van der Waals surface area contributed by atoms with Crippen molar-refractivity contribution in [3.8, 4) is 5.75 Å². The highest BCUT2D eigenvalue weighted by atomic mass is 35.5. The van der Waals surface area contributed by atoms with Gasteiger partial charge in [0.25, 0.3) is 0 Å². The second kappa shape index (κ2) is 8.11. The number of amides is 1. The van der Waals surface area contributed by atoms with Crippen LogP contribution in [-0.2, 0) is 27.2 Å². The zero-order valence-electron chi connectivity index (χ0n) is 16.8. The van der Waals surface area contributed by atoms with Crippen LogP contribution in [0.15, 0.2) is 36.4 Å². The van der Waals surface area contributed by atoms with E-state index in [1.54, 1.807) is 48.2 Å². The lowest BCUT2D eigenvalue weighted by Gasteiger charge is -2.25. The maximum Gasteiger partial charge on any atom is 0.313 e. The number of ether oxygens (including phenoxy) is 2. The molecule has 0 N–H and O–H groups in total. The number of nitrogens with zero attached hydrogens (tertiary/aromatic N) is 1. The standard InChI is InChI=1S/C23H22ClNO5/c1-13(22(27)16-3-5-20-15(9-16)7-8-25(20)14(2)26)30-23(28)18-10-17-11-19(24)4-6-21(17)29-12-18/h3-6,9,11,13,18H,7-8,10,12H2,1-2H3/t13-,18+/m1/s1. The molecule has 2 aliphatic rings. The normalized spacial score (nSPS) is 18.1. The number of carbonyl (C=O) groups excluding carboxylic acids is 3. The number of ketones is 1. The van der Waals surface area contributed by atoms with Crippen LogP contribution < -0.4 is 9.64 Å². The molecule has 0 spiro atoms. The van der Waals surface area contributed by atoms with E-state index in [9.17, 15) is 14.4 Å². The molecule has 6 nitrogen and oxygen atoms in total. The van der Waals surface area contributed by atoms with Gasteiger partial charge in [-0.1, -0.05) is 11.6 Å². The molecule has 0 radical (unpaired) electrons. The first-order valence-corrected chi connectivity index (χ1v) is 10.3. The van der Waals surface area contributed by atoms with Crippen molar-refractivity contribution in [1.29, 1.82) is 0 Å². The number of halogens is 1. The summed E-state index contributed by atoms with van der Waals surface area (Å²) in [6.45, 7) is 3.91. The van der Waals surface area contributed by atoms with Crippen LogP contribution in [0, 0.1) is 5.92 Å². The Morgan fingerprint density at radius 1 is 1.17 bits per heavy atom. The van der Waals surface area contributed by atoms with Gasteiger partial charge in [0.15, 0.2) is 6.10 Å². The Labute approximate surface area is 179 Å². The minimum Gasteiger partial charge on any atom is -0.492 e. The lowest BCUT2D eigenvalue weighted by Crippen LogP contribution is -2.34. The number of esters is 1. The highest BCUT2D eigenvalue weighted by Crippen LogP contribution is 2.31. The van der Waals surface area contributed by atoms with E-state index in [0.717, 1.165) is 16.8 Å². The molecule has 0 fully saturated rings. The highest BCUT2D eigenvalue weighted by molar-refractivity contribution is 6.30. The minimum atomic E-state index is -0.915. The molecule has 0 aliphatic carbocycles. The van der Waals surface area contributed by atoms with Gasteiger partial charge in [-0.15, -0.1) is 0 Å². The van der Waals surface area contributed by atoms with E-state index < -0.39 is 18.0 Å². The fourth-order valence-electron chi connectivity index (χ4n) is 3.96. The fraction of sp³-hybridized carbons (Fsp3) is 0.348. The van der Waals surface area contributed by atoms with Crippen LogP contribution >= 0.6 is 11.6 Å². The number of carbonyl (C=O) groups is 3. The number of rotatable bonds is 4. The van der Waals surface area contributed by atoms with Gasteiger partial charge < -0.3 is 14.4 Å². The second-order valence-corrected chi connectivity index (χ2v) is 8.11. The Kier molecular flexibility index (Phi) is 5.52. The van der Waals surface area contributed by atoms with Gasteiger partial charge >= 0.3 is 5.97 Å². The topological polar surface area (TPSA) is 72.9 Å². The maximum atomic E-state index is 12.8. The van der Waals surface area contributed by atoms with E-state index in [1.165, 1.54) is 6.92 Å². The molecule has 0 aromatic heterocycles. The van der Waals surface area contributed by atoms with Crippen molar-refractivity contribution in [3.05, 3.63) is 58.1 Å². The quantitative estimate of drug-likeness (QED) is 0.550. The van der Waals surface area contributed by atoms with Crippen molar-refractivity contribution in [3.63, 3.8) is 0 Å². The van der Waals surface area contributed by atoms with Gasteiger partial charge in [0.05, 0.1) is 5.92 Å². The van der Waals surface area contributed by atoms with E-state index in [4.69, 9.17) is 21.1 Å². The smallest absolute Gasteiger partial charge is 0.313 e. The van der Waals surface area contributed by atoms with Crippen LogP contribution in [0.25, 0.3) is 0 Å². The number of Topliss-reactive ketones (excluding diaryl/α,β-unsaturated/α-hetero) is 1. The van der Waals surface area contributed by atoms with E-state index in [1.807, 2.05) is 0 Å². The Morgan fingerprint density at radius 3 is 2.73 bits per heavy atom. The molecule has 2 aromatic carbocycles. The first-order valence-electron chi connectivity index (χ1n) is 9.90. The molecule has 2 heterocycles. The molecule has 1 amide bonds. The number of benzene rings is 2. The third kappa shape index (κ3) is 3.92. The summed E-state index contributed by atoms with van der Waals surface area (Å²) >= 11 is 6.03. The predicted octanol–water partition coefficient (Wildman–Crippen LogP) is 3.61. The van der Waals surface area contributed by atoms with Crippen LogP contribution in [0.2, 0.25) is 5.02 Å². The largest absolute Gasteiger partial charge is 0.492 e. The molecule has 0 saturated carbocycles. The monoisotopic (exact) mass is 427 g/mol. The fourth-order valence-corrected chi connectivity index (χ4v) is 4.15. The Bertz CT molecular complexity index is 1030. The average molecular weight is 428 g/mol. The number of hydrogen-bond donors (Lipinski definition) is 0. The molecular formula is C23H22ClNO5. The Balaban J connectivity index is 1.42. The van der Waals surface area contributed by atoms with Crippen molar-refractivity contribution in [2.24, 2.45) is 5.92 Å². The van der Waals surface area contributed by atoms with Crippen LogP contribution in [0.4, 0.5) is 5.69 Å². The summed E-state index contributed by atoms with van der Waals surface area (Å²) in [6, 6.07) is 10.5. The molecule has 0 unspecified atom stereocenters. The van der Waals surface area contributed by atoms with E-state index in [2.05, 4.69) is 0 Å². The molecular weight excluding hydrogens is 406 g/mol. The summed E-state index contributed by atoms with van der Waals surface area (Å²) in [6.07, 6.45) is 0.239. The first kappa shape index (κ1) is 20.4. The second-order valence-electron chi connectivity index (χ2n) is 7.67. The zero-order chi connectivity index (χ0) is 21.4. The van der Waals surface area contributed by atoms with E-state index in [-0.39, 0.29) is 18.3 Å². The van der Waals surface area contributed by atoms with Crippen molar-refractivity contribution in [1.82, 2.24) is 0 Å². The lowest BCUT2D eigenvalue weighted by atomic mass is 9.96. The molecule has 2 aliphatic heterocycles. The van der Waals surface area contributed by atoms with Gasteiger partial charge in [0, 0.05) is 29.7 Å². The third-order valence-electron chi connectivity index (χ3n) is 5.56. The van der Waals surface area contributed by atoms with Gasteiger partial charge in [-0.2, -0.15) is 0 Å². The predicted molar refractivity (Wildman–Crippen MR) is 112 cm³/mol. The summed E-state index contributed by atoms with van der Waals surface area (Å²) in [5, 5.41) is 0.579. The van der Waals surface area contributed by atoms with Crippen LogP contribution in [0.5, 0.6) is 5.75 Å². The summed E-state index contributed by atoms with van der Waals surface area (Å²) in [4.78, 5) is 38.8. The van der Waals surface area contributed by atoms with Gasteiger partial charge in [-0.25, -0.2) is 0 Å². The molecule has 2 atom stereocenters. The Morgan fingerprint density at radius 2 is 1.97 bits per heavy atom. The molecule has 4 rings (SSSR count). The van der Waals surface area contributed by atoms with Crippen LogP contribution in [-0.4, -0.2) is 36.9 Å². The minimum absolute atomic E-state index is 0.0207. The van der Waals surface area contributed by atoms with Gasteiger partial charge in [0.2, 0.25) is 11.7 Å². The summed E-state index contributed by atoms with van der Waals surface area (Å²) in [5.74, 6) is -0.536. The van der Waals surface area contributed by atoms with E-state index in [0.29, 0.717) is 35.7 Å². The number of fused-ring (bicyclic) bond motifs is 2. The summed E-state index contributed by atoms with van der Waals surface area (Å²) in [7, 11) is 0. The van der Waals surface area contributed by atoms with Crippen LogP contribution in [0.1, 0.15) is 35.3 Å². The van der Waals surface area contributed by atoms with Gasteiger partial charge in [-0.3, -0.25) is 14.4 Å². The Hall–Kier alpha value is -2.86. The van der Waals surface area contributed by atoms with Crippen molar-refractivity contribution >= 4 is 34.9 Å². The molecule has 2 aromatic rings. The SMILES string of the molecule is CC(=O)N1CCc2cc(C(=O)[C@@H](C)OC(=O)[C@@H]3COc4ccc(Cl)cc4C3)ccc21. The number of hydrogen-bond acceptors (Lipinski definition) is 5. The first-order chi connectivity index (χ1) is 14.3. The molecule has 7 heteroatoms. The maximum absolute atomic E-state index is 12.8. The molecule has 0 bridgehead atoms. The molecule has 0 saturated heterocycles. The van der Waals surface area contributed by atoms with Crippen LogP contribution in [0.3, 0.4) is 0 Å². The number of anilines is 1. The van der Waals surface area contributed by atoms with E-state index >= 15 is 0 Å². The zero-order valence-corrected chi connectivity index (χ0v) is 17.6. The van der Waals surface area contributed by atoms with Crippen molar-refractivity contribution in [2.45, 2.75) is 32.8 Å². The van der Waals surface area contributed by atoms with Crippen molar-refractivity contribution < 1.29 is 23.9 Å². The van der Waals surface area contributed by atoms with Crippen molar-refractivity contribution in [2.75, 3.05) is 18.1 Å². The van der Waals surface area contributed by atoms with Gasteiger partial charge in [0.1, 0.15) is 12.4 Å².